The summed E-state index contributed by atoms with van der Waals surface area (Å²) in [5.41, 5.74) is 11.5. The molecule has 2 aromatic heterocycles. The Labute approximate surface area is 282 Å². The monoisotopic (exact) mass is 627 g/mol. The minimum Gasteiger partial charge on any atom is -0.456 e. The number of anilines is 3. The predicted molar refractivity (Wildman–Crippen MR) is 204 cm³/mol. The molecule has 0 saturated carbocycles. The smallest absolute Gasteiger partial charge is 0.143 e. The molecule has 0 atom stereocenters. The van der Waals surface area contributed by atoms with Crippen LogP contribution in [0.15, 0.2) is 185 Å². The Morgan fingerprint density at radius 2 is 0.898 bits per heavy atom. The molecule has 0 N–H and O–H groups in total. The maximum Gasteiger partial charge on any atom is 0.143 e. The van der Waals surface area contributed by atoms with Crippen molar-refractivity contribution in [3.8, 4) is 22.3 Å². The van der Waals surface area contributed by atoms with E-state index in [-0.39, 0.29) is 0 Å². The first kappa shape index (κ1) is 27.5. The highest BCUT2D eigenvalue weighted by molar-refractivity contribution is 6.19. The lowest BCUT2D eigenvalue weighted by atomic mass is 9.95. The molecule has 0 saturated heterocycles. The van der Waals surface area contributed by atoms with Crippen LogP contribution in [-0.4, -0.2) is 0 Å². The molecule has 8 aromatic carbocycles. The molecular weight excluding hydrogens is 599 g/mol. The van der Waals surface area contributed by atoms with Gasteiger partial charge in [0.1, 0.15) is 22.3 Å². The maximum atomic E-state index is 6.39. The van der Waals surface area contributed by atoms with E-state index in [0.717, 1.165) is 71.9 Å². The van der Waals surface area contributed by atoms with Gasteiger partial charge >= 0.3 is 0 Å². The highest BCUT2D eigenvalue weighted by atomic mass is 16.3. The Balaban J connectivity index is 1.15. The molecule has 0 amide bonds. The number of rotatable bonds is 5. The normalized spacial score (nSPS) is 11.7. The van der Waals surface area contributed by atoms with Gasteiger partial charge in [-0.25, -0.2) is 0 Å². The van der Waals surface area contributed by atoms with Crippen molar-refractivity contribution in [3.05, 3.63) is 176 Å². The lowest BCUT2D eigenvalue weighted by molar-refractivity contribution is 0.669. The fourth-order valence-corrected chi connectivity index (χ4v) is 7.38. The summed E-state index contributed by atoms with van der Waals surface area (Å²) in [6.45, 7) is 0. The molecule has 0 unspecified atom stereocenters. The van der Waals surface area contributed by atoms with Gasteiger partial charge in [0.05, 0.1) is 11.1 Å². The van der Waals surface area contributed by atoms with Gasteiger partial charge < -0.3 is 13.7 Å². The van der Waals surface area contributed by atoms with Crippen molar-refractivity contribution < 1.29 is 8.83 Å². The number of hydrogen-bond acceptors (Lipinski definition) is 3. The van der Waals surface area contributed by atoms with Crippen molar-refractivity contribution in [2.45, 2.75) is 0 Å². The fraction of sp³-hybridized carbons (Fsp3) is 0. The first-order chi connectivity index (χ1) is 24.3. The Bertz CT molecular complexity index is 2810. The Kier molecular flexibility index (Phi) is 6.18. The molecule has 0 bridgehead atoms. The van der Waals surface area contributed by atoms with Crippen LogP contribution in [0.2, 0.25) is 0 Å². The van der Waals surface area contributed by atoms with Gasteiger partial charge in [0.2, 0.25) is 0 Å². The summed E-state index contributed by atoms with van der Waals surface area (Å²) in [5, 5.41) is 6.75. The van der Waals surface area contributed by atoms with Gasteiger partial charge in [0, 0.05) is 32.9 Å². The van der Waals surface area contributed by atoms with Gasteiger partial charge in [0.25, 0.3) is 0 Å². The van der Waals surface area contributed by atoms with Gasteiger partial charge in [-0.05, 0) is 82.2 Å². The second-order valence-electron chi connectivity index (χ2n) is 12.5. The molecule has 0 aliphatic carbocycles. The summed E-state index contributed by atoms with van der Waals surface area (Å²) in [6, 6.07) is 62.0. The van der Waals surface area contributed by atoms with E-state index in [1.54, 1.807) is 0 Å². The first-order valence-electron chi connectivity index (χ1n) is 16.6. The quantitative estimate of drug-likeness (QED) is 0.190. The van der Waals surface area contributed by atoms with Crippen LogP contribution >= 0.6 is 0 Å². The molecule has 230 valence electrons. The summed E-state index contributed by atoms with van der Waals surface area (Å²) < 4.78 is 12.7. The average Bonchev–Trinajstić information content (AvgIpc) is 3.75. The zero-order valence-electron chi connectivity index (χ0n) is 26.5. The Morgan fingerprint density at radius 3 is 1.63 bits per heavy atom. The van der Waals surface area contributed by atoms with Crippen LogP contribution in [0.5, 0.6) is 0 Å². The van der Waals surface area contributed by atoms with Crippen LogP contribution in [-0.2, 0) is 0 Å². The van der Waals surface area contributed by atoms with Gasteiger partial charge in [-0.1, -0.05) is 121 Å². The van der Waals surface area contributed by atoms with Crippen molar-refractivity contribution in [1.29, 1.82) is 0 Å². The third-order valence-electron chi connectivity index (χ3n) is 9.67. The van der Waals surface area contributed by atoms with Crippen LogP contribution in [0.25, 0.3) is 76.9 Å². The highest BCUT2D eigenvalue weighted by Gasteiger charge is 2.20. The van der Waals surface area contributed by atoms with E-state index in [1.807, 2.05) is 24.3 Å². The van der Waals surface area contributed by atoms with Crippen molar-refractivity contribution in [1.82, 2.24) is 0 Å². The van der Waals surface area contributed by atoms with Crippen molar-refractivity contribution in [3.63, 3.8) is 0 Å². The highest BCUT2D eigenvalue weighted by Crippen LogP contribution is 2.45. The minimum atomic E-state index is 0.869. The van der Waals surface area contributed by atoms with E-state index >= 15 is 0 Å². The number of furan rings is 2. The summed E-state index contributed by atoms with van der Waals surface area (Å²) in [4.78, 5) is 2.34. The molecule has 0 radical (unpaired) electrons. The summed E-state index contributed by atoms with van der Waals surface area (Å²) in [6.07, 6.45) is 0. The average molecular weight is 628 g/mol. The molecule has 10 rings (SSSR count). The zero-order chi connectivity index (χ0) is 32.3. The van der Waals surface area contributed by atoms with Crippen LogP contribution in [0.3, 0.4) is 0 Å². The zero-order valence-corrected chi connectivity index (χ0v) is 26.5. The number of para-hydroxylation sites is 2. The van der Waals surface area contributed by atoms with E-state index in [2.05, 4.69) is 157 Å². The molecule has 2 heterocycles. The van der Waals surface area contributed by atoms with Gasteiger partial charge in [0.15, 0.2) is 0 Å². The molecule has 0 aliphatic rings. The van der Waals surface area contributed by atoms with E-state index in [9.17, 15) is 0 Å². The Morgan fingerprint density at radius 1 is 0.347 bits per heavy atom. The van der Waals surface area contributed by atoms with Crippen molar-refractivity contribution in [2.24, 2.45) is 0 Å². The van der Waals surface area contributed by atoms with Crippen LogP contribution in [0, 0.1) is 0 Å². The molecule has 3 heteroatoms. The van der Waals surface area contributed by atoms with E-state index in [1.165, 1.54) is 22.1 Å². The second-order valence-corrected chi connectivity index (χ2v) is 12.5. The number of hydrogen-bond donors (Lipinski definition) is 0. The Hall–Kier alpha value is -6.58. The number of benzene rings is 8. The predicted octanol–water partition coefficient (Wildman–Crippen LogP) is 13.4. The number of nitrogens with zero attached hydrogens (tertiary/aromatic N) is 1. The van der Waals surface area contributed by atoms with E-state index in [0.29, 0.717) is 0 Å². The maximum absolute atomic E-state index is 6.39. The van der Waals surface area contributed by atoms with Crippen LogP contribution in [0.4, 0.5) is 17.1 Å². The molecule has 0 spiro atoms. The molecule has 3 nitrogen and oxygen atoms in total. The van der Waals surface area contributed by atoms with E-state index in [4.69, 9.17) is 8.83 Å². The van der Waals surface area contributed by atoms with Crippen molar-refractivity contribution in [2.75, 3.05) is 4.90 Å². The third-order valence-corrected chi connectivity index (χ3v) is 9.67. The lowest BCUT2D eigenvalue weighted by Gasteiger charge is -2.26. The third kappa shape index (κ3) is 4.44. The molecule has 10 aromatic rings. The SMILES string of the molecule is c1ccc(-c2ccc(N(c3ccc(-c4cc5c6ccccc6oc5c5ccccc45)cc3)c3cccc4oc5ccccc5c34)cc2)cc1. The van der Waals surface area contributed by atoms with Crippen molar-refractivity contribution >= 4 is 71.7 Å². The fourth-order valence-electron chi connectivity index (χ4n) is 7.38. The summed E-state index contributed by atoms with van der Waals surface area (Å²) in [7, 11) is 0. The van der Waals surface area contributed by atoms with E-state index < -0.39 is 0 Å². The topological polar surface area (TPSA) is 29.5 Å². The van der Waals surface area contributed by atoms with Gasteiger partial charge in [-0.2, -0.15) is 0 Å². The van der Waals surface area contributed by atoms with Gasteiger partial charge in [-0.3, -0.25) is 0 Å². The number of fused-ring (bicyclic) bond motifs is 8. The molecule has 0 fully saturated rings. The largest absolute Gasteiger partial charge is 0.456 e. The standard InChI is InChI=1S/C46H29NO2/c1-2-11-30(12-3-1)31-21-25-33(26-22-31)47(41-17-10-20-44-45(41)38-16-7-9-19-43(38)48-44)34-27-23-32(24-28-34)39-29-40-36-14-6-8-18-42(36)49-46(40)37-15-5-4-13-35(37)39/h1-29H. The first-order valence-corrected chi connectivity index (χ1v) is 16.6. The molecular formula is C46H29NO2. The summed E-state index contributed by atoms with van der Waals surface area (Å²) >= 11 is 0. The molecule has 0 aliphatic heterocycles. The summed E-state index contributed by atoms with van der Waals surface area (Å²) in [5.74, 6) is 0. The lowest BCUT2D eigenvalue weighted by Crippen LogP contribution is -2.10. The second kappa shape index (κ2) is 11.0. The molecule has 49 heavy (non-hydrogen) atoms. The van der Waals surface area contributed by atoms with Crippen LogP contribution < -0.4 is 4.90 Å². The minimum absolute atomic E-state index is 0.869. The van der Waals surface area contributed by atoms with Gasteiger partial charge in [-0.15, -0.1) is 0 Å². The van der Waals surface area contributed by atoms with Crippen LogP contribution in [0.1, 0.15) is 0 Å².